The third-order valence-corrected chi connectivity index (χ3v) is 12.9. The molecule has 1 aromatic carbocycles. The molecule has 0 spiro atoms. The maximum Gasteiger partial charge on any atom is 0.331 e. The van der Waals surface area contributed by atoms with Crippen LogP contribution in [0.5, 0.6) is 11.5 Å². The average Bonchev–Trinajstić information content (AvgIpc) is 3.32. The second-order valence-electron chi connectivity index (χ2n) is 15.3. The number of benzene rings is 1. The minimum absolute atomic E-state index is 0.0498. The highest BCUT2D eigenvalue weighted by molar-refractivity contribution is 5.87. The summed E-state index contributed by atoms with van der Waals surface area (Å²) in [5.41, 5.74) is 3.09. The van der Waals surface area contributed by atoms with E-state index in [1.54, 1.807) is 29.8 Å². The fourth-order valence-electron chi connectivity index (χ4n) is 9.93. The van der Waals surface area contributed by atoms with Gasteiger partial charge in [-0.25, -0.2) is 4.79 Å². The van der Waals surface area contributed by atoms with Crippen molar-refractivity contribution in [3.63, 3.8) is 0 Å². The van der Waals surface area contributed by atoms with E-state index < -0.39 is 0 Å². The van der Waals surface area contributed by atoms with E-state index in [4.69, 9.17) is 9.47 Å². The standard InChI is InChI=1S/C38H56O4/c1-24(2)25(3)8-9-26(4)31-14-15-32-30-13-12-28-23-29(18-20-37(28,5)33(30)19-21-38(31,32)6)42-36(40)17-11-27-10-16-34(39)35(22-27)41-7/h10-12,16-17,22,24-26,29-33,39H,8-9,13-15,18-21,23H2,1-7H3/b17-11+/t25?,26-,29+,30+,31-,32?,33+,37+,38-/m1/s1. The molecule has 2 unspecified atom stereocenters. The van der Waals surface area contributed by atoms with Gasteiger partial charge in [-0.3, -0.25) is 0 Å². The molecule has 5 rings (SSSR count). The number of esters is 1. The van der Waals surface area contributed by atoms with E-state index in [-0.39, 0.29) is 23.2 Å². The van der Waals surface area contributed by atoms with E-state index in [9.17, 15) is 9.90 Å². The van der Waals surface area contributed by atoms with Gasteiger partial charge < -0.3 is 14.6 Å². The molecule has 0 aliphatic heterocycles. The molecule has 42 heavy (non-hydrogen) atoms. The van der Waals surface area contributed by atoms with Crippen molar-refractivity contribution in [3.05, 3.63) is 41.5 Å². The first-order valence-electron chi connectivity index (χ1n) is 16.9. The molecule has 0 aromatic heterocycles. The summed E-state index contributed by atoms with van der Waals surface area (Å²) in [6.45, 7) is 15.0. The molecule has 0 bridgehead atoms. The number of phenolic OH excluding ortho intramolecular Hbond substituents is 1. The van der Waals surface area contributed by atoms with Gasteiger partial charge in [-0.05, 0) is 121 Å². The molecule has 4 aliphatic carbocycles. The highest BCUT2D eigenvalue weighted by Gasteiger charge is 2.59. The van der Waals surface area contributed by atoms with Crippen molar-refractivity contribution in [3.8, 4) is 11.5 Å². The summed E-state index contributed by atoms with van der Waals surface area (Å²) in [4.78, 5) is 12.7. The van der Waals surface area contributed by atoms with E-state index in [0.29, 0.717) is 11.2 Å². The van der Waals surface area contributed by atoms with Crippen molar-refractivity contribution in [2.24, 2.45) is 52.3 Å². The molecule has 3 saturated carbocycles. The SMILES string of the molecule is COc1cc(/C=C/C(=O)O[C@H]2CC[C@@]3(C)C(=CC[C@H]4C5CC[C@H]([C@H](C)CCC(C)C(C)C)[C@@]5(C)CC[C@@H]43)C2)ccc1O. The van der Waals surface area contributed by atoms with Gasteiger partial charge in [-0.2, -0.15) is 0 Å². The molecule has 0 heterocycles. The maximum absolute atomic E-state index is 12.7. The number of ether oxygens (including phenoxy) is 2. The van der Waals surface area contributed by atoms with Crippen LogP contribution in [0.1, 0.15) is 111 Å². The summed E-state index contributed by atoms with van der Waals surface area (Å²) in [7, 11) is 1.52. The third-order valence-electron chi connectivity index (χ3n) is 12.9. The Morgan fingerprint density at radius 2 is 1.83 bits per heavy atom. The fourth-order valence-corrected chi connectivity index (χ4v) is 9.93. The summed E-state index contributed by atoms with van der Waals surface area (Å²) < 4.78 is 11.1. The first-order chi connectivity index (χ1) is 20.0. The highest BCUT2D eigenvalue weighted by Crippen LogP contribution is 2.67. The Hall–Kier alpha value is -2.23. The third kappa shape index (κ3) is 5.93. The molecular weight excluding hydrogens is 520 g/mol. The number of carbonyl (C=O) groups is 1. The van der Waals surface area contributed by atoms with Gasteiger partial charge in [0.2, 0.25) is 0 Å². The van der Waals surface area contributed by atoms with Crippen molar-refractivity contribution in [2.75, 3.05) is 7.11 Å². The fraction of sp³-hybridized carbons (Fsp3) is 0.711. The Labute approximate surface area is 255 Å². The Bertz CT molecular complexity index is 1180. The van der Waals surface area contributed by atoms with Gasteiger partial charge in [0.05, 0.1) is 7.11 Å². The number of carbonyl (C=O) groups excluding carboxylic acids is 1. The second kappa shape index (κ2) is 12.4. The molecule has 9 atom stereocenters. The van der Waals surface area contributed by atoms with Gasteiger partial charge in [0.15, 0.2) is 11.5 Å². The topological polar surface area (TPSA) is 55.8 Å². The van der Waals surface area contributed by atoms with Crippen molar-refractivity contribution >= 4 is 12.0 Å². The molecular formula is C38H56O4. The van der Waals surface area contributed by atoms with Crippen LogP contribution in [-0.2, 0) is 9.53 Å². The average molecular weight is 577 g/mol. The lowest BCUT2D eigenvalue weighted by Gasteiger charge is -2.58. The molecule has 1 aromatic rings. The first-order valence-corrected chi connectivity index (χ1v) is 16.9. The van der Waals surface area contributed by atoms with Crippen LogP contribution in [0.4, 0.5) is 0 Å². The number of methoxy groups -OCH3 is 1. The Morgan fingerprint density at radius 3 is 2.57 bits per heavy atom. The van der Waals surface area contributed by atoms with Crippen LogP contribution in [0.3, 0.4) is 0 Å². The number of fused-ring (bicyclic) bond motifs is 5. The van der Waals surface area contributed by atoms with Crippen LogP contribution in [0.25, 0.3) is 6.08 Å². The Morgan fingerprint density at radius 1 is 1.05 bits per heavy atom. The van der Waals surface area contributed by atoms with Crippen LogP contribution in [0.15, 0.2) is 35.9 Å². The van der Waals surface area contributed by atoms with Crippen LogP contribution >= 0.6 is 0 Å². The van der Waals surface area contributed by atoms with Gasteiger partial charge in [0.1, 0.15) is 6.10 Å². The second-order valence-corrected chi connectivity index (χ2v) is 15.3. The van der Waals surface area contributed by atoms with Crippen molar-refractivity contribution in [1.29, 1.82) is 0 Å². The monoisotopic (exact) mass is 576 g/mol. The number of phenols is 1. The minimum atomic E-state index is -0.299. The lowest BCUT2D eigenvalue weighted by Crippen LogP contribution is -2.51. The predicted molar refractivity (Wildman–Crippen MR) is 171 cm³/mol. The van der Waals surface area contributed by atoms with Crippen LogP contribution in [-0.4, -0.2) is 24.3 Å². The largest absolute Gasteiger partial charge is 0.504 e. The zero-order chi connectivity index (χ0) is 30.2. The summed E-state index contributed by atoms with van der Waals surface area (Å²) in [5, 5.41) is 9.81. The van der Waals surface area contributed by atoms with Gasteiger partial charge in [0, 0.05) is 12.5 Å². The highest BCUT2D eigenvalue weighted by atomic mass is 16.5. The van der Waals surface area contributed by atoms with Crippen molar-refractivity contribution < 1.29 is 19.4 Å². The maximum atomic E-state index is 12.7. The van der Waals surface area contributed by atoms with E-state index in [2.05, 4.69) is 47.6 Å². The number of aromatic hydroxyl groups is 1. The lowest BCUT2D eigenvalue weighted by atomic mass is 9.47. The van der Waals surface area contributed by atoms with Crippen molar-refractivity contribution in [2.45, 2.75) is 112 Å². The number of rotatable bonds is 9. The summed E-state index contributed by atoms with van der Waals surface area (Å²) in [5.74, 6) is 5.94. The molecule has 0 radical (unpaired) electrons. The summed E-state index contributed by atoms with van der Waals surface area (Å²) in [6, 6.07) is 5.04. The van der Waals surface area contributed by atoms with Crippen LogP contribution in [0, 0.1) is 52.3 Å². The van der Waals surface area contributed by atoms with Crippen molar-refractivity contribution in [1.82, 2.24) is 0 Å². The molecule has 1 N–H and O–H groups in total. The van der Waals surface area contributed by atoms with Gasteiger partial charge in [-0.15, -0.1) is 0 Å². The zero-order valence-corrected chi connectivity index (χ0v) is 27.3. The molecule has 232 valence electrons. The number of hydrogen-bond donors (Lipinski definition) is 1. The summed E-state index contributed by atoms with van der Waals surface area (Å²) in [6.07, 6.45) is 18.3. The van der Waals surface area contributed by atoms with Crippen LogP contribution in [0.2, 0.25) is 0 Å². The summed E-state index contributed by atoms with van der Waals surface area (Å²) >= 11 is 0. The molecule has 0 saturated heterocycles. The minimum Gasteiger partial charge on any atom is -0.504 e. The number of hydrogen-bond acceptors (Lipinski definition) is 4. The normalized spacial score (nSPS) is 35.6. The Balaban J connectivity index is 1.21. The molecule has 4 nitrogen and oxygen atoms in total. The van der Waals surface area contributed by atoms with Gasteiger partial charge >= 0.3 is 5.97 Å². The van der Waals surface area contributed by atoms with Gasteiger partial charge in [0.25, 0.3) is 0 Å². The molecule has 4 aliphatic rings. The van der Waals surface area contributed by atoms with Crippen LogP contribution < -0.4 is 4.74 Å². The zero-order valence-electron chi connectivity index (χ0n) is 27.3. The molecule has 4 heteroatoms. The predicted octanol–water partition coefficient (Wildman–Crippen LogP) is 9.61. The lowest BCUT2D eigenvalue weighted by molar-refractivity contribution is -0.145. The van der Waals surface area contributed by atoms with Gasteiger partial charge in [-0.1, -0.05) is 72.1 Å². The van der Waals surface area contributed by atoms with E-state index >= 15 is 0 Å². The first kappa shape index (κ1) is 31.2. The smallest absolute Gasteiger partial charge is 0.331 e. The quantitative estimate of drug-likeness (QED) is 0.181. The van der Waals surface area contributed by atoms with E-state index in [1.807, 2.05) is 0 Å². The van der Waals surface area contributed by atoms with E-state index in [1.165, 1.54) is 58.1 Å². The number of allylic oxidation sites excluding steroid dienone is 1. The molecule has 3 fully saturated rings. The van der Waals surface area contributed by atoms with E-state index in [0.717, 1.165) is 66.3 Å². The molecule has 0 amide bonds. The Kier molecular flexibility index (Phi) is 9.22.